The third kappa shape index (κ3) is 40.6. The van der Waals surface area contributed by atoms with Crippen LogP contribution in [0.1, 0.15) is 48.0 Å². The first kappa shape index (κ1) is 19.5. The Balaban J connectivity index is -0.000000152. The largest absolute Gasteiger partial charge is 0.396 e. The zero-order valence-electron chi connectivity index (χ0n) is 11.2. The molecular weight excluding hydrogens is 174 g/mol. The van der Waals surface area contributed by atoms with Gasteiger partial charge in [-0.05, 0) is 31.8 Å². The maximum atomic E-state index is 8.14. The van der Waals surface area contributed by atoms with E-state index in [2.05, 4.69) is 19.2 Å². The Kier molecular flexibility index (Phi) is 26.0. The molecule has 0 unspecified atom stereocenters. The minimum absolute atomic E-state index is 0.306. The fourth-order valence-corrected chi connectivity index (χ4v) is 0.433. The highest BCUT2D eigenvalue weighted by atomic mass is 16.3. The van der Waals surface area contributed by atoms with Crippen LogP contribution in [0.3, 0.4) is 0 Å². The quantitative estimate of drug-likeness (QED) is 0.739. The van der Waals surface area contributed by atoms with Crippen LogP contribution < -0.4 is 5.32 Å². The summed E-state index contributed by atoms with van der Waals surface area (Å²) in [4.78, 5) is 0. The van der Waals surface area contributed by atoms with Crippen molar-refractivity contribution < 1.29 is 5.11 Å². The molecule has 90 valence electrons. The van der Waals surface area contributed by atoms with Crippen LogP contribution in [0, 0.1) is 11.8 Å². The minimum atomic E-state index is 0.306. The highest BCUT2D eigenvalue weighted by Gasteiger charge is 1.88. The van der Waals surface area contributed by atoms with Crippen LogP contribution in [0.4, 0.5) is 0 Å². The molecule has 0 aliphatic carbocycles. The highest BCUT2D eigenvalue weighted by molar-refractivity contribution is 4.45. The second-order valence-corrected chi connectivity index (χ2v) is 3.86. The first-order valence-corrected chi connectivity index (χ1v) is 5.80. The predicted molar refractivity (Wildman–Crippen MR) is 66.7 cm³/mol. The van der Waals surface area contributed by atoms with Gasteiger partial charge < -0.3 is 10.4 Å². The van der Waals surface area contributed by atoms with Gasteiger partial charge in [0.1, 0.15) is 0 Å². The van der Waals surface area contributed by atoms with Crippen LogP contribution in [0.25, 0.3) is 0 Å². The van der Waals surface area contributed by atoms with Gasteiger partial charge in [0.15, 0.2) is 0 Å². The van der Waals surface area contributed by atoms with E-state index < -0.39 is 0 Å². The molecule has 0 atom stereocenters. The van der Waals surface area contributed by atoms with Crippen molar-refractivity contribution in [1.29, 1.82) is 0 Å². The normalized spacial score (nSPS) is 9.00. The van der Waals surface area contributed by atoms with Gasteiger partial charge in [-0.3, -0.25) is 0 Å². The maximum Gasteiger partial charge on any atom is 0.0453 e. The van der Waals surface area contributed by atoms with E-state index >= 15 is 0 Å². The second-order valence-electron chi connectivity index (χ2n) is 3.86. The molecule has 2 nitrogen and oxygen atoms in total. The summed E-state index contributed by atoms with van der Waals surface area (Å²) in [5.74, 6) is 1.28. The third-order valence-electron chi connectivity index (χ3n) is 1.34. The number of hydrogen-bond acceptors (Lipinski definition) is 2. The van der Waals surface area contributed by atoms with Crippen LogP contribution in [0.15, 0.2) is 0 Å². The number of rotatable bonds is 4. The molecule has 0 aromatic carbocycles. The Hall–Kier alpha value is -0.0800. The summed E-state index contributed by atoms with van der Waals surface area (Å²) >= 11 is 0. The van der Waals surface area contributed by atoms with E-state index in [-0.39, 0.29) is 0 Å². The van der Waals surface area contributed by atoms with Crippen LogP contribution >= 0.6 is 0 Å². The smallest absolute Gasteiger partial charge is 0.0453 e. The number of hydrogen-bond donors (Lipinski definition) is 2. The molecule has 0 spiro atoms. The Labute approximate surface area is 91.1 Å². The number of aliphatic hydroxyl groups excluding tert-OH is 1. The van der Waals surface area contributed by atoms with E-state index in [0.29, 0.717) is 12.5 Å². The molecule has 2 heteroatoms. The van der Waals surface area contributed by atoms with E-state index in [9.17, 15) is 0 Å². The lowest BCUT2D eigenvalue weighted by molar-refractivity contribution is 0.248. The second kappa shape index (κ2) is 18.7. The molecule has 2 N–H and O–H groups in total. The molecule has 0 aromatic heterocycles. The lowest BCUT2D eigenvalue weighted by atomic mass is 10.1. The molecule has 0 bridgehead atoms. The Morgan fingerprint density at radius 2 is 1.36 bits per heavy atom. The van der Waals surface area contributed by atoms with Gasteiger partial charge in [-0.2, -0.15) is 0 Å². The number of nitrogens with one attached hydrogen (secondary N) is 1. The van der Waals surface area contributed by atoms with E-state index in [4.69, 9.17) is 5.11 Å². The van der Waals surface area contributed by atoms with Crippen molar-refractivity contribution in [2.45, 2.75) is 48.0 Å². The van der Waals surface area contributed by atoms with Crippen molar-refractivity contribution in [3.05, 3.63) is 0 Å². The van der Waals surface area contributed by atoms with E-state index in [1.54, 1.807) is 0 Å². The fraction of sp³-hybridized carbons (Fsp3) is 1.00. The summed E-state index contributed by atoms with van der Waals surface area (Å²) in [5.41, 5.74) is 0. The summed E-state index contributed by atoms with van der Waals surface area (Å²) in [6, 6.07) is 0. The van der Waals surface area contributed by atoms with Gasteiger partial charge in [0.2, 0.25) is 0 Å². The molecule has 0 saturated heterocycles. The van der Waals surface area contributed by atoms with Crippen LogP contribution in [-0.2, 0) is 0 Å². The van der Waals surface area contributed by atoms with E-state index in [1.165, 1.54) is 6.42 Å². The molecular formula is C12H31NO. The van der Waals surface area contributed by atoms with Gasteiger partial charge in [0.25, 0.3) is 0 Å². The fourth-order valence-electron chi connectivity index (χ4n) is 0.433. The summed E-state index contributed by atoms with van der Waals surface area (Å²) in [5, 5.41) is 11.2. The summed E-state index contributed by atoms with van der Waals surface area (Å²) in [6.45, 7) is 13.9. The summed E-state index contributed by atoms with van der Waals surface area (Å²) < 4.78 is 0. The minimum Gasteiger partial charge on any atom is -0.396 e. The van der Waals surface area contributed by atoms with Crippen LogP contribution in [-0.4, -0.2) is 25.3 Å². The van der Waals surface area contributed by atoms with Crippen molar-refractivity contribution in [3.63, 3.8) is 0 Å². The van der Waals surface area contributed by atoms with Crippen molar-refractivity contribution in [2.24, 2.45) is 11.8 Å². The molecule has 0 aliphatic rings. The molecule has 14 heavy (non-hydrogen) atoms. The average molecular weight is 205 g/mol. The predicted octanol–water partition coefficient (Wildman–Crippen LogP) is 2.91. The zero-order valence-corrected chi connectivity index (χ0v) is 11.2. The molecule has 0 rings (SSSR count). The maximum absolute atomic E-state index is 8.14. The molecule has 0 heterocycles. The molecule has 0 fully saturated rings. The molecule has 0 aromatic rings. The van der Waals surface area contributed by atoms with Crippen molar-refractivity contribution >= 4 is 0 Å². The zero-order chi connectivity index (χ0) is 12.0. The summed E-state index contributed by atoms with van der Waals surface area (Å²) in [7, 11) is 1.99. The number of aliphatic hydroxyl groups is 1. The Morgan fingerprint density at radius 3 is 1.43 bits per heavy atom. The van der Waals surface area contributed by atoms with Gasteiger partial charge in [0, 0.05) is 6.61 Å². The topological polar surface area (TPSA) is 32.3 Å². The summed E-state index contributed by atoms with van der Waals surface area (Å²) in [6.07, 6.45) is 1.29. The molecule has 0 aliphatic heterocycles. The first-order chi connectivity index (χ1) is 6.54. The van der Waals surface area contributed by atoms with E-state index in [0.717, 1.165) is 12.5 Å². The van der Waals surface area contributed by atoms with Gasteiger partial charge in [0.05, 0.1) is 0 Å². The van der Waals surface area contributed by atoms with Gasteiger partial charge >= 0.3 is 0 Å². The lowest BCUT2D eigenvalue weighted by Gasteiger charge is -2.00. The van der Waals surface area contributed by atoms with Crippen molar-refractivity contribution in [2.75, 3.05) is 20.2 Å². The SMILES string of the molecule is CC.CC(C)CO.CNCCC(C)C. The van der Waals surface area contributed by atoms with E-state index in [1.807, 2.05) is 34.7 Å². The third-order valence-corrected chi connectivity index (χ3v) is 1.34. The molecule has 0 saturated carbocycles. The Bertz CT molecular complexity index is 72.7. The Morgan fingerprint density at radius 1 is 1.00 bits per heavy atom. The average Bonchev–Trinajstić information content (AvgIpc) is 2.18. The molecule has 0 radical (unpaired) electrons. The van der Waals surface area contributed by atoms with Crippen molar-refractivity contribution in [3.8, 4) is 0 Å². The monoisotopic (exact) mass is 205 g/mol. The van der Waals surface area contributed by atoms with Crippen LogP contribution in [0.5, 0.6) is 0 Å². The van der Waals surface area contributed by atoms with Gasteiger partial charge in [-0.1, -0.05) is 41.5 Å². The van der Waals surface area contributed by atoms with Gasteiger partial charge in [-0.15, -0.1) is 0 Å². The van der Waals surface area contributed by atoms with Crippen molar-refractivity contribution in [1.82, 2.24) is 5.32 Å². The van der Waals surface area contributed by atoms with Crippen LogP contribution in [0.2, 0.25) is 0 Å². The lowest BCUT2D eigenvalue weighted by Crippen LogP contribution is -2.09. The molecule has 0 amide bonds. The highest BCUT2D eigenvalue weighted by Crippen LogP contribution is 1.94. The first-order valence-electron chi connectivity index (χ1n) is 5.80. The van der Waals surface area contributed by atoms with Gasteiger partial charge in [-0.25, -0.2) is 0 Å². The standard InChI is InChI=1S/C6H15N.C4H10O.C2H6/c1-6(2)4-5-7-3;1-4(2)3-5;1-2/h6-7H,4-5H2,1-3H3;4-5H,3H2,1-2H3;1-2H3.